The van der Waals surface area contributed by atoms with Gasteiger partial charge in [-0.15, -0.1) is 0 Å². The molecule has 0 rings (SSSR count). The maximum absolute atomic E-state index is 12.0. The number of carbonyl (C=O) groups excluding carboxylic acids is 2. The number of aliphatic hydroxyl groups excluding tert-OH is 1. The summed E-state index contributed by atoms with van der Waals surface area (Å²) in [6.45, 7) is 2.38. The second-order valence-corrected chi connectivity index (χ2v) is 10.7. The minimum absolute atomic E-state index is 0.147. The van der Waals surface area contributed by atoms with E-state index in [-0.39, 0.29) is 12.8 Å². The molecule has 3 atom stereocenters. The molecule has 37 heavy (non-hydrogen) atoms. The molecule has 0 aromatic rings. The highest BCUT2D eigenvalue weighted by molar-refractivity contribution is 7.47. The first kappa shape index (κ1) is 35.5. The van der Waals surface area contributed by atoms with Crippen molar-refractivity contribution in [1.82, 2.24) is 5.32 Å². The van der Waals surface area contributed by atoms with Crippen LogP contribution in [0, 0.1) is 0 Å². The van der Waals surface area contributed by atoms with Crippen molar-refractivity contribution < 1.29 is 47.8 Å². The van der Waals surface area contributed by atoms with E-state index in [0.717, 1.165) is 57.8 Å². The van der Waals surface area contributed by atoms with Crippen molar-refractivity contribution in [2.24, 2.45) is 0 Å². The number of aliphatic carboxylic acids is 1. The van der Waals surface area contributed by atoms with E-state index in [0.29, 0.717) is 12.8 Å². The Kier molecular flexibility index (Phi) is 21.5. The van der Waals surface area contributed by atoms with E-state index in [1.54, 1.807) is 0 Å². The number of phosphoric acid groups is 1. The number of carboxylic acids is 1. The van der Waals surface area contributed by atoms with Crippen LogP contribution in [0.4, 0.5) is 0 Å². The lowest BCUT2D eigenvalue weighted by atomic mass is 10.1. The Labute approximate surface area is 221 Å². The Bertz CT molecular complexity index is 676. The van der Waals surface area contributed by atoms with Gasteiger partial charge in [-0.05, 0) is 12.8 Å². The molecule has 218 valence electrons. The summed E-state index contributed by atoms with van der Waals surface area (Å²) < 4.78 is 26.3. The second kappa shape index (κ2) is 22.5. The van der Waals surface area contributed by atoms with Gasteiger partial charge in [-0.25, -0.2) is 9.36 Å². The van der Waals surface area contributed by atoms with E-state index in [1.165, 1.54) is 12.8 Å². The molecule has 0 aliphatic heterocycles. The topological polar surface area (TPSA) is 169 Å². The van der Waals surface area contributed by atoms with Gasteiger partial charge in [0.25, 0.3) is 0 Å². The number of aliphatic hydroxyl groups is 1. The third kappa shape index (κ3) is 22.2. The van der Waals surface area contributed by atoms with Crippen molar-refractivity contribution in [3.63, 3.8) is 0 Å². The molecule has 0 fully saturated rings. The third-order valence-corrected chi connectivity index (χ3v) is 6.60. The highest BCUT2D eigenvalue weighted by Crippen LogP contribution is 2.43. The van der Waals surface area contributed by atoms with Crippen LogP contribution >= 0.6 is 7.82 Å². The molecule has 0 radical (unpaired) electrons. The predicted octanol–water partition coefficient (Wildman–Crippen LogP) is 4.48. The molecular weight excluding hydrogens is 505 g/mol. The zero-order valence-electron chi connectivity index (χ0n) is 22.5. The number of carboxylic acid groups (broad SMARTS) is 1. The van der Waals surface area contributed by atoms with E-state index in [1.807, 2.05) is 0 Å². The molecule has 11 nitrogen and oxygen atoms in total. The number of hydrogen-bond donors (Lipinski definition) is 4. The molecule has 0 aliphatic carbocycles. The lowest BCUT2D eigenvalue weighted by molar-refractivity contribution is -0.147. The number of phosphoric ester groups is 1. The minimum atomic E-state index is -4.72. The fraction of sp³-hybridized carbons (Fsp3) is 0.880. The Morgan fingerprint density at radius 2 is 1.24 bits per heavy atom. The fourth-order valence-electron chi connectivity index (χ4n) is 3.43. The summed E-state index contributed by atoms with van der Waals surface area (Å²) in [5.74, 6) is -2.39. The van der Waals surface area contributed by atoms with E-state index in [9.17, 15) is 34.1 Å². The van der Waals surface area contributed by atoms with Crippen molar-refractivity contribution in [2.45, 2.75) is 122 Å². The molecule has 0 heterocycles. The Morgan fingerprint density at radius 3 is 1.78 bits per heavy atom. The van der Waals surface area contributed by atoms with Crippen LogP contribution in [-0.2, 0) is 32.7 Å². The van der Waals surface area contributed by atoms with Crippen molar-refractivity contribution in [3.8, 4) is 0 Å². The average molecular weight is 554 g/mol. The van der Waals surface area contributed by atoms with Crippen molar-refractivity contribution >= 4 is 25.7 Å². The summed E-state index contributed by atoms with van der Waals surface area (Å²) in [7, 11) is -4.72. The van der Waals surface area contributed by atoms with Gasteiger partial charge < -0.3 is 25.2 Å². The molecule has 0 saturated heterocycles. The summed E-state index contributed by atoms with van der Waals surface area (Å²) >= 11 is 0. The molecule has 0 aromatic carbocycles. The van der Waals surface area contributed by atoms with Gasteiger partial charge >= 0.3 is 19.8 Å². The zero-order valence-corrected chi connectivity index (χ0v) is 23.4. The van der Waals surface area contributed by atoms with Crippen LogP contribution in [0.3, 0.4) is 0 Å². The highest BCUT2D eigenvalue weighted by atomic mass is 31.2. The van der Waals surface area contributed by atoms with Crippen molar-refractivity contribution in [1.29, 1.82) is 0 Å². The molecular formula is C25H48NO10P. The van der Waals surface area contributed by atoms with Crippen LogP contribution in [0.15, 0.2) is 0 Å². The smallest absolute Gasteiger partial charge is 0.472 e. The molecule has 12 heteroatoms. The van der Waals surface area contributed by atoms with Crippen LogP contribution < -0.4 is 5.32 Å². The summed E-state index contributed by atoms with van der Waals surface area (Å²) in [5, 5.41) is 21.4. The average Bonchev–Trinajstić information content (AvgIpc) is 2.85. The van der Waals surface area contributed by atoms with Crippen LogP contribution in [-0.4, -0.2) is 64.9 Å². The molecule has 0 spiro atoms. The van der Waals surface area contributed by atoms with Gasteiger partial charge in [0.2, 0.25) is 5.91 Å². The number of rotatable bonds is 25. The van der Waals surface area contributed by atoms with Gasteiger partial charge in [0.1, 0.15) is 12.7 Å². The van der Waals surface area contributed by atoms with Crippen molar-refractivity contribution in [2.75, 3.05) is 19.8 Å². The largest absolute Gasteiger partial charge is 0.480 e. The molecule has 0 aromatic heterocycles. The number of esters is 1. The highest BCUT2D eigenvalue weighted by Gasteiger charge is 2.28. The second-order valence-electron chi connectivity index (χ2n) is 9.24. The lowest BCUT2D eigenvalue weighted by Gasteiger charge is -2.18. The number of amides is 1. The first-order valence-corrected chi connectivity index (χ1v) is 15.1. The quantitative estimate of drug-likeness (QED) is 0.0718. The Hall–Kier alpha value is -1.52. The van der Waals surface area contributed by atoms with Gasteiger partial charge in [-0.1, -0.05) is 84.5 Å². The summed E-state index contributed by atoms with van der Waals surface area (Å²) in [5.41, 5.74) is 0. The molecule has 0 bridgehead atoms. The normalized spacial score (nSPS) is 14.5. The Balaban J connectivity index is 4.15. The van der Waals surface area contributed by atoms with Gasteiger partial charge in [-0.2, -0.15) is 0 Å². The predicted molar refractivity (Wildman–Crippen MR) is 139 cm³/mol. The van der Waals surface area contributed by atoms with Gasteiger partial charge in [0.15, 0.2) is 6.04 Å². The number of ether oxygens (including phenoxy) is 1. The number of carbonyl (C=O) groups is 3. The monoisotopic (exact) mass is 553 g/mol. The lowest BCUT2D eigenvalue weighted by Crippen LogP contribution is -2.43. The van der Waals surface area contributed by atoms with Crippen LogP contribution in [0.5, 0.6) is 0 Å². The fourth-order valence-corrected chi connectivity index (χ4v) is 4.20. The van der Waals surface area contributed by atoms with Crippen LogP contribution in [0.2, 0.25) is 0 Å². The first-order valence-electron chi connectivity index (χ1n) is 13.6. The van der Waals surface area contributed by atoms with E-state index in [4.69, 9.17) is 4.74 Å². The summed E-state index contributed by atoms with van der Waals surface area (Å²) in [6.07, 6.45) is 12.2. The number of unbranched alkanes of at least 4 members (excludes halogenated alkanes) is 11. The van der Waals surface area contributed by atoms with Gasteiger partial charge in [-0.3, -0.25) is 18.6 Å². The van der Waals surface area contributed by atoms with E-state index >= 15 is 0 Å². The molecule has 1 amide bonds. The maximum atomic E-state index is 12.0. The minimum Gasteiger partial charge on any atom is -0.480 e. The van der Waals surface area contributed by atoms with Gasteiger partial charge in [0.05, 0.1) is 13.2 Å². The van der Waals surface area contributed by atoms with Crippen molar-refractivity contribution in [3.05, 3.63) is 0 Å². The van der Waals surface area contributed by atoms with E-state index in [2.05, 4.69) is 28.2 Å². The zero-order chi connectivity index (χ0) is 27.9. The SMILES string of the molecule is CCCCCCCCCC(=O)NC(COP(=O)(O)OCC(O)COC(=O)CCCCCCCC)C(=O)O. The molecule has 0 saturated carbocycles. The molecule has 4 N–H and O–H groups in total. The first-order chi connectivity index (χ1) is 17.6. The Morgan fingerprint density at radius 1 is 0.757 bits per heavy atom. The molecule has 3 unspecified atom stereocenters. The van der Waals surface area contributed by atoms with Crippen LogP contribution in [0.1, 0.15) is 110 Å². The molecule has 0 aliphatic rings. The van der Waals surface area contributed by atoms with Crippen LogP contribution in [0.25, 0.3) is 0 Å². The van der Waals surface area contributed by atoms with E-state index < -0.39 is 57.6 Å². The van der Waals surface area contributed by atoms with Gasteiger partial charge in [0, 0.05) is 12.8 Å². The summed E-state index contributed by atoms with van der Waals surface area (Å²) in [6, 6.07) is -1.53. The summed E-state index contributed by atoms with van der Waals surface area (Å²) in [4.78, 5) is 44.9. The number of nitrogens with one attached hydrogen (secondary N) is 1. The maximum Gasteiger partial charge on any atom is 0.472 e. The standard InChI is InChI=1S/C25H48NO10P/c1-3-5-7-9-11-12-14-16-23(28)26-22(25(30)31)20-36-37(32,33)35-19-21(27)18-34-24(29)17-15-13-10-8-6-4-2/h21-22,27H,3-20H2,1-2H3,(H,26,28)(H,30,31)(H,32,33). The third-order valence-electron chi connectivity index (χ3n) is 5.65. The number of hydrogen-bond acceptors (Lipinski definition) is 8.